The lowest BCUT2D eigenvalue weighted by Crippen LogP contribution is -2.30. The Bertz CT molecular complexity index is 920. The van der Waals surface area contributed by atoms with Crippen molar-refractivity contribution in [1.82, 2.24) is 25.0 Å². The van der Waals surface area contributed by atoms with Crippen molar-refractivity contribution >= 4 is 5.91 Å². The first-order chi connectivity index (χ1) is 14.2. The van der Waals surface area contributed by atoms with Crippen LogP contribution in [0.15, 0.2) is 53.1 Å². The van der Waals surface area contributed by atoms with Crippen LogP contribution in [0.25, 0.3) is 0 Å². The predicted octanol–water partition coefficient (Wildman–Crippen LogP) is 2.85. The van der Waals surface area contributed by atoms with Gasteiger partial charge in [-0.2, -0.15) is 0 Å². The Kier molecular flexibility index (Phi) is 6.05. The van der Waals surface area contributed by atoms with E-state index in [9.17, 15) is 4.79 Å². The van der Waals surface area contributed by atoms with Gasteiger partial charge in [-0.3, -0.25) is 4.79 Å². The molecule has 3 heterocycles. The second-order valence-corrected chi connectivity index (χ2v) is 7.48. The van der Waals surface area contributed by atoms with Gasteiger partial charge in [0.25, 0.3) is 5.91 Å². The number of hydrogen-bond donors (Lipinski definition) is 1. The zero-order chi connectivity index (χ0) is 20.1. The van der Waals surface area contributed by atoms with Crippen molar-refractivity contribution in [3.05, 3.63) is 71.7 Å². The van der Waals surface area contributed by atoms with Gasteiger partial charge in [0, 0.05) is 26.1 Å². The Morgan fingerprint density at radius 1 is 1.14 bits per heavy atom. The van der Waals surface area contributed by atoms with Crippen LogP contribution in [0, 0.1) is 0 Å². The van der Waals surface area contributed by atoms with Crippen LogP contribution in [0.5, 0.6) is 0 Å². The quantitative estimate of drug-likeness (QED) is 0.668. The number of aromatic nitrogens is 3. The highest BCUT2D eigenvalue weighted by Crippen LogP contribution is 2.16. The predicted molar refractivity (Wildman–Crippen MR) is 110 cm³/mol. The van der Waals surface area contributed by atoms with Gasteiger partial charge < -0.3 is 19.2 Å². The van der Waals surface area contributed by atoms with E-state index < -0.39 is 0 Å². The smallest absolute Gasteiger partial charge is 0.287 e. The molecule has 1 N–H and O–H groups in total. The number of benzene rings is 1. The summed E-state index contributed by atoms with van der Waals surface area (Å²) in [4.78, 5) is 14.8. The normalized spacial score (nSPS) is 15.5. The summed E-state index contributed by atoms with van der Waals surface area (Å²) in [5.74, 6) is 1.85. The molecule has 0 aliphatic carbocycles. The summed E-state index contributed by atoms with van der Waals surface area (Å²) < 4.78 is 7.33. The summed E-state index contributed by atoms with van der Waals surface area (Å²) in [6.45, 7) is 5.80. The van der Waals surface area contributed by atoms with Crippen molar-refractivity contribution in [2.24, 2.45) is 0 Å². The minimum atomic E-state index is -0.240. The minimum absolute atomic E-state index is 0.238. The highest BCUT2D eigenvalue weighted by Gasteiger charge is 2.23. The maximum absolute atomic E-state index is 12.3. The average Bonchev–Trinajstić information content (AvgIpc) is 3.37. The van der Waals surface area contributed by atoms with Crippen LogP contribution in [-0.4, -0.2) is 45.2 Å². The molecule has 1 unspecified atom stereocenters. The second-order valence-electron chi connectivity index (χ2n) is 7.48. The summed E-state index contributed by atoms with van der Waals surface area (Å²) in [5.41, 5.74) is 1.39. The molecule has 0 fully saturated rings. The molecular weight excluding hydrogens is 366 g/mol. The summed E-state index contributed by atoms with van der Waals surface area (Å²) in [5, 5.41) is 11.7. The topological polar surface area (TPSA) is 76.2 Å². The van der Waals surface area contributed by atoms with E-state index in [0.29, 0.717) is 5.76 Å². The zero-order valence-corrected chi connectivity index (χ0v) is 16.8. The molecule has 29 heavy (non-hydrogen) atoms. The van der Waals surface area contributed by atoms with Gasteiger partial charge in [0.1, 0.15) is 5.82 Å². The summed E-state index contributed by atoms with van der Waals surface area (Å²) in [6, 6.07) is 13.8. The zero-order valence-electron chi connectivity index (χ0n) is 16.8. The van der Waals surface area contributed by atoms with Gasteiger partial charge in [-0.25, -0.2) is 0 Å². The van der Waals surface area contributed by atoms with Crippen LogP contribution in [0.1, 0.15) is 47.2 Å². The monoisotopic (exact) mass is 393 g/mol. The highest BCUT2D eigenvalue weighted by atomic mass is 16.3. The lowest BCUT2D eigenvalue weighted by molar-refractivity contribution is 0.0909. The third-order valence-corrected chi connectivity index (χ3v) is 5.41. The molecule has 4 rings (SSSR count). The molecule has 1 aliphatic heterocycles. The number of nitrogens with zero attached hydrogens (tertiary/aromatic N) is 4. The molecule has 0 spiro atoms. The Balaban J connectivity index is 1.32. The van der Waals surface area contributed by atoms with Crippen LogP contribution < -0.4 is 5.32 Å². The molecule has 0 radical (unpaired) electrons. The largest absolute Gasteiger partial charge is 0.459 e. The number of carbonyl (C=O) groups is 1. The van der Waals surface area contributed by atoms with Gasteiger partial charge in [0.15, 0.2) is 11.6 Å². The molecule has 1 aromatic carbocycles. The number of nitrogens with one attached hydrogen (secondary N) is 1. The number of furan rings is 1. The SMILES string of the molecule is CC(NC(=O)c1ccco1)c1nnc2n1CCN(CCCc1ccccc1)CC2. The van der Waals surface area contributed by atoms with E-state index in [1.807, 2.05) is 6.92 Å². The van der Waals surface area contributed by atoms with Crippen LogP contribution in [0.2, 0.25) is 0 Å². The van der Waals surface area contributed by atoms with E-state index in [2.05, 4.69) is 55.3 Å². The van der Waals surface area contributed by atoms with Crippen molar-refractivity contribution in [2.75, 3.05) is 19.6 Å². The number of hydrogen-bond acceptors (Lipinski definition) is 5. The number of amides is 1. The summed E-state index contributed by atoms with van der Waals surface area (Å²) in [7, 11) is 0. The van der Waals surface area contributed by atoms with E-state index in [-0.39, 0.29) is 11.9 Å². The first-order valence-corrected chi connectivity index (χ1v) is 10.2. The van der Waals surface area contributed by atoms with Gasteiger partial charge in [-0.15, -0.1) is 10.2 Å². The molecule has 1 aliphatic rings. The molecule has 2 aromatic heterocycles. The number of aryl methyl sites for hydroxylation is 1. The van der Waals surface area contributed by atoms with E-state index in [4.69, 9.17) is 4.42 Å². The summed E-state index contributed by atoms with van der Waals surface area (Å²) >= 11 is 0. The molecule has 0 bridgehead atoms. The van der Waals surface area contributed by atoms with Crippen molar-refractivity contribution in [2.45, 2.75) is 38.8 Å². The van der Waals surface area contributed by atoms with Gasteiger partial charge in [0.2, 0.25) is 0 Å². The molecule has 7 nitrogen and oxygen atoms in total. The van der Waals surface area contributed by atoms with Crippen molar-refractivity contribution < 1.29 is 9.21 Å². The van der Waals surface area contributed by atoms with Gasteiger partial charge in [0.05, 0.1) is 12.3 Å². The third kappa shape index (κ3) is 4.74. The molecule has 7 heteroatoms. The summed E-state index contributed by atoms with van der Waals surface area (Å²) in [6.07, 6.45) is 4.61. The number of carbonyl (C=O) groups excluding carboxylic acids is 1. The lowest BCUT2D eigenvalue weighted by Gasteiger charge is -2.20. The van der Waals surface area contributed by atoms with E-state index >= 15 is 0 Å². The molecule has 0 saturated carbocycles. The standard InChI is InChI=1S/C22H27N5O2/c1-17(23-22(28)19-10-6-16-29-19)21-25-24-20-11-13-26(14-15-27(20)21)12-5-9-18-7-3-2-4-8-18/h2-4,6-8,10,16-17H,5,9,11-15H2,1H3,(H,23,28). The molecular formula is C22H27N5O2. The Hall–Kier alpha value is -2.93. The van der Waals surface area contributed by atoms with Gasteiger partial charge >= 0.3 is 0 Å². The molecule has 0 saturated heterocycles. The van der Waals surface area contributed by atoms with E-state index in [1.54, 1.807) is 12.1 Å². The molecule has 152 valence electrons. The fourth-order valence-corrected chi connectivity index (χ4v) is 3.82. The van der Waals surface area contributed by atoms with Crippen LogP contribution in [0.4, 0.5) is 0 Å². The first-order valence-electron chi connectivity index (χ1n) is 10.2. The Labute approximate surface area is 170 Å². The van der Waals surface area contributed by atoms with Crippen molar-refractivity contribution in [3.63, 3.8) is 0 Å². The molecule has 1 amide bonds. The second kappa shape index (κ2) is 9.05. The Morgan fingerprint density at radius 2 is 2.00 bits per heavy atom. The van der Waals surface area contributed by atoms with Gasteiger partial charge in [-0.05, 0) is 44.0 Å². The van der Waals surface area contributed by atoms with E-state index in [0.717, 1.165) is 57.1 Å². The molecule has 1 atom stereocenters. The van der Waals surface area contributed by atoms with Crippen LogP contribution >= 0.6 is 0 Å². The molecule has 3 aromatic rings. The van der Waals surface area contributed by atoms with Crippen molar-refractivity contribution in [3.8, 4) is 0 Å². The lowest BCUT2D eigenvalue weighted by atomic mass is 10.1. The van der Waals surface area contributed by atoms with Crippen LogP contribution in [-0.2, 0) is 19.4 Å². The van der Waals surface area contributed by atoms with Gasteiger partial charge in [-0.1, -0.05) is 30.3 Å². The fourth-order valence-electron chi connectivity index (χ4n) is 3.82. The first kappa shape index (κ1) is 19.4. The fraction of sp³-hybridized carbons (Fsp3) is 0.409. The highest BCUT2D eigenvalue weighted by molar-refractivity contribution is 5.91. The third-order valence-electron chi connectivity index (χ3n) is 5.41. The van der Waals surface area contributed by atoms with E-state index in [1.165, 1.54) is 11.8 Å². The maximum atomic E-state index is 12.3. The van der Waals surface area contributed by atoms with Crippen LogP contribution in [0.3, 0.4) is 0 Å². The average molecular weight is 393 g/mol. The number of fused-ring (bicyclic) bond motifs is 1. The maximum Gasteiger partial charge on any atom is 0.287 e. The Morgan fingerprint density at radius 3 is 2.79 bits per heavy atom. The van der Waals surface area contributed by atoms with Crippen molar-refractivity contribution in [1.29, 1.82) is 0 Å². The minimum Gasteiger partial charge on any atom is -0.459 e. The number of rotatable bonds is 7.